The summed E-state index contributed by atoms with van der Waals surface area (Å²) in [6, 6.07) is 3.10. The Morgan fingerprint density at radius 2 is 2.05 bits per heavy atom. The summed E-state index contributed by atoms with van der Waals surface area (Å²) in [4.78, 5) is 23.1. The summed E-state index contributed by atoms with van der Waals surface area (Å²) in [7, 11) is 0. The Bertz CT molecular complexity index is 490. The Kier molecular flexibility index (Phi) is 7.24. The maximum Gasteiger partial charge on any atom is 0.293 e. The number of nitrogens with one attached hydrogen (secondary N) is 3. The van der Waals surface area contributed by atoms with Crippen molar-refractivity contribution in [1.29, 1.82) is 0 Å². The zero-order valence-corrected chi connectivity index (χ0v) is 13.4. The van der Waals surface area contributed by atoms with Gasteiger partial charge in [0.25, 0.3) is 5.91 Å². The number of hydrazine groups is 1. The minimum Gasteiger partial charge on any atom is -0.444 e. The van der Waals surface area contributed by atoms with E-state index in [-0.39, 0.29) is 16.8 Å². The maximum absolute atomic E-state index is 11.7. The van der Waals surface area contributed by atoms with Gasteiger partial charge in [0.1, 0.15) is 0 Å². The normalized spacial score (nSPS) is 9.90. The molecule has 0 unspecified atom stereocenters. The van der Waals surface area contributed by atoms with Crippen LogP contribution < -0.4 is 16.2 Å². The predicted molar refractivity (Wildman–Crippen MR) is 81.9 cm³/mol. The van der Waals surface area contributed by atoms with Crippen LogP contribution in [-0.4, -0.2) is 16.9 Å². The Morgan fingerprint density at radius 3 is 2.65 bits per heavy atom. The van der Waals surface area contributed by atoms with Gasteiger partial charge in [-0.1, -0.05) is 19.8 Å². The van der Waals surface area contributed by atoms with Crippen molar-refractivity contribution in [3.8, 4) is 0 Å². The SMILES string of the molecule is CCCCCC(=O)NNC(=S)NC(=O)c1ccc(Br)o1. The van der Waals surface area contributed by atoms with Crippen LogP contribution >= 0.6 is 28.1 Å². The van der Waals surface area contributed by atoms with Gasteiger partial charge in [-0.3, -0.25) is 25.8 Å². The number of furan rings is 1. The molecule has 110 valence electrons. The second kappa shape index (κ2) is 8.70. The topological polar surface area (TPSA) is 83.4 Å². The highest BCUT2D eigenvalue weighted by molar-refractivity contribution is 9.10. The fraction of sp³-hybridized carbons (Fsp3) is 0.417. The highest BCUT2D eigenvalue weighted by Gasteiger charge is 2.12. The number of unbranched alkanes of at least 4 members (excludes halogenated alkanes) is 2. The van der Waals surface area contributed by atoms with Gasteiger partial charge in [0.05, 0.1) is 0 Å². The average Bonchev–Trinajstić information content (AvgIpc) is 2.83. The summed E-state index contributed by atoms with van der Waals surface area (Å²) in [6.45, 7) is 2.06. The molecule has 0 aliphatic heterocycles. The van der Waals surface area contributed by atoms with Gasteiger partial charge in [-0.2, -0.15) is 0 Å². The van der Waals surface area contributed by atoms with Gasteiger partial charge in [-0.25, -0.2) is 0 Å². The van der Waals surface area contributed by atoms with E-state index in [0.29, 0.717) is 11.1 Å². The number of hydrogen-bond donors (Lipinski definition) is 3. The first kappa shape index (κ1) is 16.6. The van der Waals surface area contributed by atoms with Crippen molar-refractivity contribution in [2.45, 2.75) is 32.6 Å². The molecule has 0 atom stereocenters. The number of thiocarbonyl (C=S) groups is 1. The van der Waals surface area contributed by atoms with E-state index in [1.165, 1.54) is 6.07 Å². The van der Waals surface area contributed by atoms with Crippen LogP contribution in [0.5, 0.6) is 0 Å². The molecule has 1 heterocycles. The molecule has 20 heavy (non-hydrogen) atoms. The Balaban J connectivity index is 2.26. The highest BCUT2D eigenvalue weighted by atomic mass is 79.9. The predicted octanol–water partition coefficient (Wildman–Crippen LogP) is 2.26. The van der Waals surface area contributed by atoms with Gasteiger partial charge >= 0.3 is 0 Å². The summed E-state index contributed by atoms with van der Waals surface area (Å²) < 4.78 is 5.52. The van der Waals surface area contributed by atoms with Crippen molar-refractivity contribution in [2.24, 2.45) is 0 Å². The first-order valence-electron chi connectivity index (χ1n) is 6.18. The molecule has 2 amide bonds. The third-order valence-corrected chi connectivity index (χ3v) is 2.98. The Hall–Kier alpha value is -1.41. The molecule has 0 spiro atoms. The van der Waals surface area contributed by atoms with E-state index in [1.54, 1.807) is 6.07 Å². The molecule has 0 radical (unpaired) electrons. The Morgan fingerprint density at radius 1 is 1.30 bits per heavy atom. The van der Waals surface area contributed by atoms with Crippen LogP contribution in [0.25, 0.3) is 0 Å². The van der Waals surface area contributed by atoms with Gasteiger partial charge < -0.3 is 4.42 Å². The van der Waals surface area contributed by atoms with E-state index in [2.05, 4.69) is 39.0 Å². The zero-order chi connectivity index (χ0) is 15.0. The lowest BCUT2D eigenvalue weighted by molar-refractivity contribution is -0.121. The van der Waals surface area contributed by atoms with Crippen LogP contribution in [-0.2, 0) is 4.79 Å². The van der Waals surface area contributed by atoms with Crippen LogP contribution in [0.3, 0.4) is 0 Å². The van der Waals surface area contributed by atoms with E-state index in [4.69, 9.17) is 16.6 Å². The number of hydrogen-bond acceptors (Lipinski definition) is 4. The number of halogens is 1. The minimum atomic E-state index is -0.492. The van der Waals surface area contributed by atoms with E-state index in [1.807, 2.05) is 0 Å². The molecule has 1 aromatic heterocycles. The number of carbonyl (C=O) groups excluding carboxylic acids is 2. The molecular weight excluding hydrogens is 346 g/mol. The van der Waals surface area contributed by atoms with Crippen molar-refractivity contribution < 1.29 is 14.0 Å². The second-order valence-electron chi connectivity index (χ2n) is 4.02. The molecule has 1 aromatic rings. The molecule has 0 bridgehead atoms. The van der Waals surface area contributed by atoms with E-state index < -0.39 is 5.91 Å². The van der Waals surface area contributed by atoms with E-state index >= 15 is 0 Å². The molecule has 0 saturated heterocycles. The standard InChI is InChI=1S/C12H16BrN3O3S/c1-2-3-4-5-10(17)15-16-12(20)14-11(18)8-6-7-9(13)19-8/h6-7H,2-5H2,1H3,(H,15,17)(H2,14,16,18,20). The lowest BCUT2D eigenvalue weighted by atomic mass is 10.2. The third-order valence-electron chi connectivity index (χ3n) is 2.35. The largest absolute Gasteiger partial charge is 0.444 e. The molecular formula is C12H16BrN3O3S. The molecule has 0 aliphatic rings. The van der Waals surface area contributed by atoms with Crippen molar-refractivity contribution in [1.82, 2.24) is 16.2 Å². The van der Waals surface area contributed by atoms with E-state index in [0.717, 1.165) is 19.3 Å². The molecule has 0 aromatic carbocycles. The first-order chi connectivity index (χ1) is 9.52. The van der Waals surface area contributed by atoms with Gasteiger partial charge in [-0.15, -0.1) is 0 Å². The summed E-state index contributed by atoms with van der Waals surface area (Å²) in [5.41, 5.74) is 4.88. The Labute approximate surface area is 130 Å². The summed E-state index contributed by atoms with van der Waals surface area (Å²) >= 11 is 7.97. The van der Waals surface area contributed by atoms with Crippen molar-refractivity contribution in [3.05, 3.63) is 22.6 Å². The maximum atomic E-state index is 11.7. The monoisotopic (exact) mass is 361 g/mol. The van der Waals surface area contributed by atoms with Crippen LogP contribution in [0.1, 0.15) is 43.2 Å². The summed E-state index contributed by atoms with van der Waals surface area (Å²) in [5.74, 6) is -0.542. The minimum absolute atomic E-state index is 0.00589. The van der Waals surface area contributed by atoms with Gasteiger partial charge in [0.15, 0.2) is 15.5 Å². The second-order valence-corrected chi connectivity index (χ2v) is 5.21. The molecule has 0 saturated carbocycles. The third kappa shape index (κ3) is 6.16. The van der Waals surface area contributed by atoms with Crippen LogP contribution in [0.15, 0.2) is 21.2 Å². The van der Waals surface area contributed by atoms with Crippen LogP contribution in [0, 0.1) is 0 Å². The summed E-state index contributed by atoms with van der Waals surface area (Å²) in [5, 5.41) is 2.39. The number of carbonyl (C=O) groups is 2. The lowest BCUT2D eigenvalue weighted by Gasteiger charge is -2.09. The highest BCUT2D eigenvalue weighted by Crippen LogP contribution is 2.13. The fourth-order valence-corrected chi connectivity index (χ4v) is 1.81. The molecule has 8 heteroatoms. The average molecular weight is 362 g/mol. The van der Waals surface area contributed by atoms with Gasteiger partial charge in [0, 0.05) is 6.42 Å². The molecule has 6 nitrogen and oxygen atoms in total. The van der Waals surface area contributed by atoms with Crippen LogP contribution in [0.4, 0.5) is 0 Å². The molecule has 1 rings (SSSR count). The van der Waals surface area contributed by atoms with E-state index in [9.17, 15) is 9.59 Å². The van der Waals surface area contributed by atoms with Crippen LogP contribution in [0.2, 0.25) is 0 Å². The smallest absolute Gasteiger partial charge is 0.293 e. The van der Waals surface area contributed by atoms with Gasteiger partial charge in [-0.05, 0) is 46.7 Å². The number of rotatable bonds is 5. The fourth-order valence-electron chi connectivity index (χ4n) is 1.36. The number of amides is 2. The summed E-state index contributed by atoms with van der Waals surface area (Å²) in [6.07, 6.45) is 3.29. The lowest BCUT2D eigenvalue weighted by Crippen LogP contribution is -2.48. The van der Waals surface area contributed by atoms with Crippen molar-refractivity contribution >= 4 is 45.1 Å². The van der Waals surface area contributed by atoms with Crippen molar-refractivity contribution in [2.75, 3.05) is 0 Å². The van der Waals surface area contributed by atoms with Crippen molar-refractivity contribution in [3.63, 3.8) is 0 Å². The zero-order valence-electron chi connectivity index (χ0n) is 11.0. The first-order valence-corrected chi connectivity index (χ1v) is 7.38. The molecule has 3 N–H and O–H groups in total. The van der Waals surface area contributed by atoms with Gasteiger partial charge in [0.2, 0.25) is 5.91 Å². The quantitative estimate of drug-likeness (QED) is 0.425. The molecule has 0 fully saturated rings. The molecule has 0 aliphatic carbocycles.